The molecular formula is C23H23N5. The summed E-state index contributed by atoms with van der Waals surface area (Å²) >= 11 is 0. The summed E-state index contributed by atoms with van der Waals surface area (Å²) in [4.78, 5) is 9.48. The van der Waals surface area contributed by atoms with Crippen molar-refractivity contribution in [2.24, 2.45) is 11.3 Å². The Balaban J connectivity index is 1.28. The number of nitriles is 1. The Morgan fingerprint density at radius 1 is 1.11 bits per heavy atom. The molecule has 3 aromatic rings. The third-order valence-electron chi connectivity index (χ3n) is 6.98. The number of hydrogen-bond acceptors (Lipinski definition) is 4. The van der Waals surface area contributed by atoms with Crippen molar-refractivity contribution in [3.05, 3.63) is 42.4 Å². The van der Waals surface area contributed by atoms with Gasteiger partial charge in [-0.2, -0.15) is 10.4 Å². The Kier molecular flexibility index (Phi) is 3.41. The molecule has 140 valence electrons. The van der Waals surface area contributed by atoms with Gasteiger partial charge in [-0.05, 0) is 62.0 Å². The first-order valence-electron chi connectivity index (χ1n) is 10.4. The Morgan fingerprint density at radius 2 is 1.89 bits per heavy atom. The molecule has 3 aliphatic carbocycles. The van der Waals surface area contributed by atoms with Gasteiger partial charge in [-0.3, -0.25) is 9.67 Å². The number of hydrogen-bond donors (Lipinski definition) is 0. The molecule has 3 saturated carbocycles. The Morgan fingerprint density at radius 3 is 2.64 bits per heavy atom. The molecule has 0 amide bonds. The van der Waals surface area contributed by atoms with Crippen molar-refractivity contribution in [3.63, 3.8) is 0 Å². The first-order valence-corrected chi connectivity index (χ1v) is 10.4. The Labute approximate surface area is 164 Å². The number of aromatic nitrogens is 4. The van der Waals surface area contributed by atoms with Crippen LogP contribution in [0.5, 0.6) is 0 Å². The average Bonchev–Trinajstić information content (AvgIpc) is 3.41. The van der Waals surface area contributed by atoms with E-state index in [1.165, 1.54) is 44.2 Å². The molecule has 0 bridgehead atoms. The quantitative estimate of drug-likeness (QED) is 0.648. The van der Waals surface area contributed by atoms with E-state index in [9.17, 15) is 0 Å². The van der Waals surface area contributed by atoms with Gasteiger partial charge in [-0.25, -0.2) is 4.98 Å². The van der Waals surface area contributed by atoms with Crippen molar-refractivity contribution in [1.29, 1.82) is 5.26 Å². The van der Waals surface area contributed by atoms with Crippen LogP contribution in [0.25, 0.3) is 22.3 Å². The van der Waals surface area contributed by atoms with Gasteiger partial charge in [0.05, 0.1) is 40.7 Å². The minimum Gasteiger partial charge on any atom is -0.269 e. The van der Waals surface area contributed by atoms with Crippen LogP contribution in [0, 0.1) is 22.7 Å². The normalized spacial score (nSPS) is 28.7. The van der Waals surface area contributed by atoms with E-state index in [1.54, 1.807) is 0 Å². The maximum absolute atomic E-state index is 8.88. The zero-order valence-electron chi connectivity index (χ0n) is 15.9. The van der Waals surface area contributed by atoms with E-state index < -0.39 is 0 Å². The van der Waals surface area contributed by atoms with Crippen molar-refractivity contribution in [3.8, 4) is 17.3 Å². The van der Waals surface area contributed by atoms with Gasteiger partial charge in [0.25, 0.3) is 0 Å². The van der Waals surface area contributed by atoms with Gasteiger partial charge in [0.2, 0.25) is 0 Å². The van der Waals surface area contributed by atoms with Crippen molar-refractivity contribution in [2.75, 3.05) is 0 Å². The predicted molar refractivity (Wildman–Crippen MR) is 106 cm³/mol. The summed E-state index contributed by atoms with van der Waals surface area (Å²) in [6.07, 6.45) is 12.2. The van der Waals surface area contributed by atoms with Gasteiger partial charge in [-0.15, -0.1) is 0 Å². The molecule has 0 saturated heterocycles. The van der Waals surface area contributed by atoms with E-state index in [0.29, 0.717) is 23.3 Å². The Bertz CT molecular complexity index is 1090. The highest BCUT2D eigenvalue weighted by molar-refractivity contribution is 5.77. The summed E-state index contributed by atoms with van der Waals surface area (Å²) in [5.74, 6) is 1.22. The van der Waals surface area contributed by atoms with E-state index >= 15 is 0 Å². The first kappa shape index (κ1) is 16.2. The van der Waals surface area contributed by atoms with E-state index in [-0.39, 0.29) is 0 Å². The summed E-state index contributed by atoms with van der Waals surface area (Å²) in [5, 5.41) is 13.9. The molecule has 0 atom stereocenters. The summed E-state index contributed by atoms with van der Waals surface area (Å²) in [6.45, 7) is 0. The second-order valence-corrected chi connectivity index (χ2v) is 9.12. The van der Waals surface area contributed by atoms with Crippen LogP contribution in [0.1, 0.15) is 62.6 Å². The maximum atomic E-state index is 8.88. The molecule has 0 unspecified atom stereocenters. The first-order chi connectivity index (χ1) is 13.7. The van der Waals surface area contributed by atoms with E-state index in [0.717, 1.165) is 28.7 Å². The molecule has 3 fully saturated rings. The molecular weight excluding hydrogens is 346 g/mol. The number of nitrogens with zero attached hydrogens (tertiary/aromatic N) is 5. The summed E-state index contributed by atoms with van der Waals surface area (Å²) < 4.78 is 2.21. The fourth-order valence-corrected chi connectivity index (χ4v) is 5.43. The van der Waals surface area contributed by atoms with Crippen molar-refractivity contribution in [2.45, 2.75) is 56.9 Å². The highest BCUT2D eigenvalue weighted by Crippen LogP contribution is 2.63. The highest BCUT2D eigenvalue weighted by atomic mass is 15.3. The van der Waals surface area contributed by atoms with E-state index in [1.807, 2.05) is 30.5 Å². The van der Waals surface area contributed by atoms with Gasteiger partial charge < -0.3 is 0 Å². The summed E-state index contributed by atoms with van der Waals surface area (Å²) in [5.41, 5.74) is 5.69. The number of rotatable bonds is 4. The highest BCUT2D eigenvalue weighted by Gasteiger charge is 2.53. The SMILES string of the molecule is N#CCC1CC2(C1)CC(n1cc(-c3cnc4ccccc4n3)c(C3CC3)n1)C2. The van der Waals surface area contributed by atoms with Crippen LogP contribution in [0.2, 0.25) is 0 Å². The standard InChI is InChI=1S/C23H23N5/c24-8-7-15-9-23(10-15)11-17(12-23)28-14-18(22(27-28)16-5-6-16)21-13-25-19-3-1-2-4-20(19)26-21/h1-4,13-17H,5-7,9-12H2. The molecule has 0 aliphatic heterocycles. The lowest BCUT2D eigenvalue weighted by Gasteiger charge is -2.57. The largest absolute Gasteiger partial charge is 0.269 e. The van der Waals surface area contributed by atoms with Crippen molar-refractivity contribution in [1.82, 2.24) is 19.7 Å². The molecule has 5 heteroatoms. The molecule has 2 heterocycles. The molecule has 0 N–H and O–H groups in total. The van der Waals surface area contributed by atoms with Gasteiger partial charge in [0, 0.05) is 24.1 Å². The third kappa shape index (κ3) is 2.55. The zero-order chi connectivity index (χ0) is 18.7. The molecule has 3 aliphatic rings. The average molecular weight is 369 g/mol. The minimum atomic E-state index is 0.501. The second-order valence-electron chi connectivity index (χ2n) is 9.12. The lowest BCUT2D eigenvalue weighted by Crippen LogP contribution is -2.48. The smallest absolute Gasteiger partial charge is 0.0927 e. The lowest BCUT2D eigenvalue weighted by atomic mass is 9.49. The van der Waals surface area contributed by atoms with E-state index in [2.05, 4.69) is 21.9 Å². The van der Waals surface area contributed by atoms with Gasteiger partial charge >= 0.3 is 0 Å². The maximum Gasteiger partial charge on any atom is 0.0927 e. The van der Waals surface area contributed by atoms with Gasteiger partial charge in [0.15, 0.2) is 0 Å². The van der Waals surface area contributed by atoms with Crippen molar-refractivity contribution < 1.29 is 0 Å². The van der Waals surface area contributed by atoms with Crippen LogP contribution in [-0.2, 0) is 0 Å². The third-order valence-corrected chi connectivity index (χ3v) is 6.98. The lowest BCUT2D eigenvalue weighted by molar-refractivity contribution is -0.0634. The predicted octanol–water partition coefficient (Wildman–Crippen LogP) is 5.02. The summed E-state index contributed by atoms with van der Waals surface area (Å²) in [6, 6.07) is 10.9. The fraction of sp³-hybridized carbons (Fsp3) is 0.478. The van der Waals surface area contributed by atoms with Crippen LogP contribution in [0.3, 0.4) is 0 Å². The molecule has 1 spiro atoms. The van der Waals surface area contributed by atoms with Gasteiger partial charge in [-0.1, -0.05) is 12.1 Å². The van der Waals surface area contributed by atoms with Crippen LogP contribution in [0.15, 0.2) is 36.7 Å². The Hall–Kier alpha value is -2.74. The molecule has 2 aromatic heterocycles. The second kappa shape index (κ2) is 5.88. The van der Waals surface area contributed by atoms with Crippen LogP contribution >= 0.6 is 0 Å². The fourth-order valence-electron chi connectivity index (χ4n) is 5.43. The molecule has 0 radical (unpaired) electrons. The van der Waals surface area contributed by atoms with Crippen LogP contribution < -0.4 is 0 Å². The number of para-hydroxylation sites is 2. The van der Waals surface area contributed by atoms with Crippen molar-refractivity contribution >= 4 is 11.0 Å². The molecule has 1 aromatic carbocycles. The topological polar surface area (TPSA) is 67.4 Å². The number of benzene rings is 1. The van der Waals surface area contributed by atoms with E-state index in [4.69, 9.17) is 15.3 Å². The zero-order valence-corrected chi connectivity index (χ0v) is 15.9. The monoisotopic (exact) mass is 369 g/mol. The van der Waals surface area contributed by atoms with Crippen LogP contribution in [0.4, 0.5) is 0 Å². The van der Waals surface area contributed by atoms with Gasteiger partial charge in [0.1, 0.15) is 0 Å². The molecule has 28 heavy (non-hydrogen) atoms. The molecule has 5 nitrogen and oxygen atoms in total. The number of fused-ring (bicyclic) bond motifs is 1. The van der Waals surface area contributed by atoms with Crippen LogP contribution in [-0.4, -0.2) is 19.7 Å². The minimum absolute atomic E-state index is 0.501. The summed E-state index contributed by atoms with van der Waals surface area (Å²) in [7, 11) is 0. The molecule has 6 rings (SSSR count).